The van der Waals surface area contributed by atoms with E-state index in [1.807, 2.05) is 13.0 Å². The van der Waals surface area contributed by atoms with Crippen LogP contribution in [0.1, 0.15) is 20.8 Å². The van der Waals surface area contributed by atoms with Crippen molar-refractivity contribution >= 4 is 44.6 Å². The van der Waals surface area contributed by atoms with Gasteiger partial charge in [0.15, 0.2) is 0 Å². The van der Waals surface area contributed by atoms with Crippen molar-refractivity contribution in [2.75, 3.05) is 5.32 Å². The molecule has 3 rings (SSSR count). The lowest BCUT2D eigenvalue weighted by Gasteiger charge is -2.08. The van der Waals surface area contributed by atoms with E-state index >= 15 is 0 Å². The maximum absolute atomic E-state index is 13.9. The van der Waals surface area contributed by atoms with Crippen LogP contribution in [0.15, 0.2) is 36.4 Å². The van der Waals surface area contributed by atoms with E-state index in [2.05, 4.69) is 5.32 Å². The number of hydrogen-bond acceptors (Lipinski definition) is 2. The van der Waals surface area contributed by atoms with Gasteiger partial charge in [-0.3, -0.25) is 4.79 Å². The Bertz CT molecular complexity index is 888. The third kappa shape index (κ3) is 2.60. The molecule has 1 heterocycles. The first-order valence-corrected chi connectivity index (χ1v) is 7.92. The summed E-state index contributed by atoms with van der Waals surface area (Å²) in [5.74, 6) is -0.531. The van der Waals surface area contributed by atoms with Gasteiger partial charge in [-0.05, 0) is 55.3 Å². The molecule has 1 N–H and O–H groups in total. The SMILES string of the molecule is Cc1cc(Cl)ccc1NC(=O)c1sc2cccc(F)c2c1C. The highest BCUT2D eigenvalue weighted by molar-refractivity contribution is 7.21. The van der Waals surface area contributed by atoms with Crippen molar-refractivity contribution < 1.29 is 9.18 Å². The molecule has 0 aliphatic carbocycles. The Hall–Kier alpha value is -1.91. The van der Waals surface area contributed by atoms with Crippen molar-refractivity contribution in [1.29, 1.82) is 0 Å². The van der Waals surface area contributed by atoms with Gasteiger partial charge in [0.1, 0.15) is 5.82 Å². The lowest BCUT2D eigenvalue weighted by atomic mass is 10.1. The molecule has 0 unspecified atom stereocenters. The fourth-order valence-electron chi connectivity index (χ4n) is 2.42. The van der Waals surface area contributed by atoms with Crippen molar-refractivity contribution in [3.05, 3.63) is 63.2 Å². The van der Waals surface area contributed by atoms with Gasteiger partial charge in [-0.1, -0.05) is 17.7 Å². The van der Waals surface area contributed by atoms with Crippen molar-refractivity contribution in [3.8, 4) is 0 Å². The second kappa shape index (κ2) is 5.71. The van der Waals surface area contributed by atoms with Crippen LogP contribution in [0.4, 0.5) is 10.1 Å². The Morgan fingerprint density at radius 3 is 2.68 bits per heavy atom. The van der Waals surface area contributed by atoms with Gasteiger partial charge < -0.3 is 5.32 Å². The van der Waals surface area contributed by atoms with E-state index in [1.165, 1.54) is 17.4 Å². The standard InChI is InChI=1S/C17H13ClFNOS/c1-9-8-11(18)6-7-13(9)20-17(21)16-10(2)15-12(19)4-3-5-14(15)22-16/h3-8H,1-2H3,(H,20,21). The quantitative estimate of drug-likeness (QED) is 0.653. The molecule has 0 saturated carbocycles. The van der Waals surface area contributed by atoms with Crippen LogP contribution < -0.4 is 5.32 Å². The van der Waals surface area contributed by atoms with Gasteiger partial charge in [0, 0.05) is 20.8 Å². The number of amides is 1. The number of carbonyl (C=O) groups excluding carboxylic acids is 1. The molecule has 0 aliphatic heterocycles. The molecule has 1 amide bonds. The van der Waals surface area contributed by atoms with E-state index < -0.39 is 0 Å². The fourth-order valence-corrected chi connectivity index (χ4v) is 3.76. The molecule has 3 aromatic rings. The van der Waals surface area contributed by atoms with E-state index in [0.717, 1.165) is 10.3 Å². The minimum absolute atomic E-state index is 0.233. The number of rotatable bonds is 2. The van der Waals surface area contributed by atoms with Crippen LogP contribution in [0.5, 0.6) is 0 Å². The normalized spacial score (nSPS) is 10.9. The second-order valence-electron chi connectivity index (χ2n) is 5.08. The molecule has 0 fully saturated rings. The van der Waals surface area contributed by atoms with E-state index in [1.54, 1.807) is 31.2 Å². The average Bonchev–Trinajstić information content (AvgIpc) is 2.80. The zero-order valence-corrected chi connectivity index (χ0v) is 13.6. The van der Waals surface area contributed by atoms with Crippen molar-refractivity contribution in [2.45, 2.75) is 13.8 Å². The molecule has 22 heavy (non-hydrogen) atoms. The van der Waals surface area contributed by atoms with Gasteiger partial charge in [0.25, 0.3) is 5.91 Å². The molecule has 2 aromatic carbocycles. The summed E-state index contributed by atoms with van der Waals surface area (Å²) < 4.78 is 14.7. The number of halogens is 2. The zero-order chi connectivity index (χ0) is 15.9. The summed E-state index contributed by atoms with van der Waals surface area (Å²) in [5.41, 5.74) is 2.25. The van der Waals surface area contributed by atoms with Crippen molar-refractivity contribution in [3.63, 3.8) is 0 Å². The second-order valence-corrected chi connectivity index (χ2v) is 6.57. The predicted octanol–water partition coefficient (Wildman–Crippen LogP) is 5.56. The molecule has 0 aliphatic rings. The molecule has 2 nitrogen and oxygen atoms in total. The van der Waals surface area contributed by atoms with Crippen molar-refractivity contribution in [2.24, 2.45) is 0 Å². The number of nitrogens with one attached hydrogen (secondary N) is 1. The minimum atomic E-state index is -0.298. The van der Waals surface area contributed by atoms with E-state index in [0.29, 0.717) is 26.5 Å². The highest BCUT2D eigenvalue weighted by Crippen LogP contribution is 2.33. The average molecular weight is 334 g/mol. The molecule has 0 atom stereocenters. The molecule has 5 heteroatoms. The molecule has 0 radical (unpaired) electrons. The van der Waals surface area contributed by atoms with E-state index in [9.17, 15) is 9.18 Å². The zero-order valence-electron chi connectivity index (χ0n) is 12.0. The van der Waals surface area contributed by atoms with Gasteiger partial charge in [-0.2, -0.15) is 0 Å². The van der Waals surface area contributed by atoms with Crippen LogP contribution >= 0.6 is 22.9 Å². The number of fused-ring (bicyclic) bond motifs is 1. The Kier molecular flexibility index (Phi) is 3.89. The molecule has 0 bridgehead atoms. The summed E-state index contributed by atoms with van der Waals surface area (Å²) >= 11 is 7.21. The van der Waals surface area contributed by atoms with Crippen LogP contribution in [0.2, 0.25) is 5.02 Å². The number of thiophene rings is 1. The van der Waals surface area contributed by atoms with Crippen LogP contribution in [-0.4, -0.2) is 5.91 Å². The summed E-state index contributed by atoms with van der Waals surface area (Å²) in [7, 11) is 0. The van der Waals surface area contributed by atoms with Gasteiger partial charge in [0.2, 0.25) is 0 Å². The summed E-state index contributed by atoms with van der Waals surface area (Å²) in [4.78, 5) is 13.0. The third-order valence-electron chi connectivity index (χ3n) is 3.55. The molecule has 0 saturated heterocycles. The smallest absolute Gasteiger partial charge is 0.266 e. The number of hydrogen-bond donors (Lipinski definition) is 1. The van der Waals surface area contributed by atoms with Gasteiger partial charge in [-0.15, -0.1) is 11.3 Å². The van der Waals surface area contributed by atoms with E-state index in [4.69, 9.17) is 11.6 Å². The maximum Gasteiger partial charge on any atom is 0.266 e. The lowest BCUT2D eigenvalue weighted by molar-refractivity contribution is 0.103. The van der Waals surface area contributed by atoms with Gasteiger partial charge in [0.05, 0.1) is 4.88 Å². The van der Waals surface area contributed by atoms with Crippen LogP contribution in [-0.2, 0) is 0 Å². The number of aryl methyl sites for hydroxylation is 2. The third-order valence-corrected chi connectivity index (χ3v) is 5.04. The van der Waals surface area contributed by atoms with Crippen LogP contribution in [0.25, 0.3) is 10.1 Å². The first kappa shape index (κ1) is 15.0. The lowest BCUT2D eigenvalue weighted by Crippen LogP contribution is -2.12. The topological polar surface area (TPSA) is 29.1 Å². The predicted molar refractivity (Wildman–Crippen MR) is 90.7 cm³/mol. The number of benzene rings is 2. The van der Waals surface area contributed by atoms with Gasteiger partial charge >= 0.3 is 0 Å². The Morgan fingerprint density at radius 2 is 2.00 bits per heavy atom. The van der Waals surface area contributed by atoms with Crippen LogP contribution in [0, 0.1) is 19.7 Å². The summed E-state index contributed by atoms with van der Waals surface area (Å²) in [5, 5.41) is 4.01. The number of carbonyl (C=O) groups is 1. The van der Waals surface area contributed by atoms with E-state index in [-0.39, 0.29) is 11.7 Å². The van der Waals surface area contributed by atoms with Gasteiger partial charge in [-0.25, -0.2) is 4.39 Å². The monoisotopic (exact) mass is 333 g/mol. The maximum atomic E-state index is 13.9. The summed E-state index contributed by atoms with van der Waals surface area (Å²) in [6, 6.07) is 10.2. The van der Waals surface area contributed by atoms with Crippen molar-refractivity contribution in [1.82, 2.24) is 0 Å². The molecular weight excluding hydrogens is 321 g/mol. The molecular formula is C17H13ClFNOS. The molecule has 0 spiro atoms. The molecule has 1 aromatic heterocycles. The highest BCUT2D eigenvalue weighted by atomic mass is 35.5. The first-order chi connectivity index (χ1) is 10.5. The fraction of sp³-hybridized carbons (Fsp3) is 0.118. The Balaban J connectivity index is 1.99. The summed E-state index contributed by atoms with van der Waals surface area (Å²) in [6.07, 6.45) is 0. The minimum Gasteiger partial charge on any atom is -0.321 e. The van der Waals surface area contributed by atoms with Crippen LogP contribution in [0.3, 0.4) is 0 Å². The molecule has 112 valence electrons. The Labute approximate surface area is 136 Å². The number of anilines is 1. The summed E-state index contributed by atoms with van der Waals surface area (Å²) in [6.45, 7) is 3.64. The Morgan fingerprint density at radius 1 is 1.23 bits per heavy atom. The largest absolute Gasteiger partial charge is 0.321 e. The highest BCUT2D eigenvalue weighted by Gasteiger charge is 2.18. The first-order valence-electron chi connectivity index (χ1n) is 6.72.